The van der Waals surface area contributed by atoms with E-state index in [1.807, 2.05) is 4.90 Å². The van der Waals surface area contributed by atoms with Gasteiger partial charge < -0.3 is 20.6 Å². The van der Waals surface area contributed by atoms with E-state index in [0.29, 0.717) is 25.9 Å². The predicted octanol–water partition coefficient (Wildman–Crippen LogP) is 3.06. The Kier molecular flexibility index (Phi) is 5.96. The van der Waals surface area contributed by atoms with Gasteiger partial charge in [0.25, 0.3) is 0 Å². The maximum absolute atomic E-state index is 13.0. The van der Waals surface area contributed by atoms with E-state index in [2.05, 4.69) is 10.6 Å². The first-order valence-electron chi connectivity index (χ1n) is 9.31. The Bertz CT molecular complexity index is 621. The molecule has 2 fully saturated rings. The number of piperidine rings is 1. The predicted molar refractivity (Wildman–Crippen MR) is 96.5 cm³/mol. The SMILES string of the molecule is O=C(O)C1CCC(NC(=O)N2CCC(Nc3ccc(F)cc3)CC2)CC1. The largest absolute Gasteiger partial charge is 0.481 e. The van der Waals surface area contributed by atoms with Gasteiger partial charge in [-0.15, -0.1) is 0 Å². The van der Waals surface area contributed by atoms with Crippen molar-refractivity contribution in [3.05, 3.63) is 30.1 Å². The molecule has 1 aromatic rings. The van der Waals surface area contributed by atoms with E-state index < -0.39 is 5.97 Å². The summed E-state index contributed by atoms with van der Waals surface area (Å²) in [7, 11) is 0. The zero-order valence-electron chi connectivity index (χ0n) is 14.8. The molecule has 1 aliphatic heterocycles. The van der Waals surface area contributed by atoms with Crippen LogP contribution >= 0.6 is 0 Å². The van der Waals surface area contributed by atoms with Crippen LogP contribution in [0.2, 0.25) is 0 Å². The van der Waals surface area contributed by atoms with Crippen LogP contribution in [-0.2, 0) is 4.79 Å². The van der Waals surface area contributed by atoms with Crippen molar-refractivity contribution in [1.29, 1.82) is 0 Å². The molecule has 0 bridgehead atoms. The number of amides is 2. The summed E-state index contributed by atoms with van der Waals surface area (Å²) >= 11 is 0. The molecule has 1 heterocycles. The summed E-state index contributed by atoms with van der Waals surface area (Å²) in [6, 6.07) is 6.62. The number of hydrogen-bond acceptors (Lipinski definition) is 3. The first-order chi connectivity index (χ1) is 12.5. The van der Waals surface area contributed by atoms with Gasteiger partial charge in [-0.2, -0.15) is 0 Å². The average molecular weight is 363 g/mol. The number of carboxylic acid groups (broad SMARTS) is 1. The number of likely N-dealkylation sites (tertiary alicyclic amines) is 1. The molecule has 26 heavy (non-hydrogen) atoms. The van der Waals surface area contributed by atoms with Gasteiger partial charge in [-0.1, -0.05) is 0 Å². The number of urea groups is 1. The minimum Gasteiger partial charge on any atom is -0.481 e. The minimum absolute atomic E-state index is 0.0518. The Labute approximate surface area is 152 Å². The Balaban J connectivity index is 1.39. The maximum atomic E-state index is 13.0. The molecule has 7 heteroatoms. The zero-order valence-corrected chi connectivity index (χ0v) is 14.8. The van der Waals surface area contributed by atoms with Gasteiger partial charge in [0.2, 0.25) is 0 Å². The van der Waals surface area contributed by atoms with E-state index in [1.165, 1.54) is 12.1 Å². The molecule has 3 N–H and O–H groups in total. The molecule has 0 unspecified atom stereocenters. The summed E-state index contributed by atoms with van der Waals surface area (Å²) in [5.74, 6) is -1.25. The summed E-state index contributed by atoms with van der Waals surface area (Å²) in [5, 5.41) is 15.5. The second-order valence-electron chi connectivity index (χ2n) is 7.25. The quantitative estimate of drug-likeness (QED) is 0.768. The number of nitrogens with one attached hydrogen (secondary N) is 2. The second kappa shape index (κ2) is 8.38. The van der Waals surface area contributed by atoms with E-state index in [9.17, 15) is 14.0 Å². The topological polar surface area (TPSA) is 81.7 Å². The van der Waals surface area contributed by atoms with Crippen molar-refractivity contribution in [3.8, 4) is 0 Å². The van der Waals surface area contributed by atoms with Gasteiger partial charge in [0.1, 0.15) is 5.82 Å². The lowest BCUT2D eigenvalue weighted by atomic mass is 9.86. The van der Waals surface area contributed by atoms with E-state index in [0.717, 1.165) is 31.4 Å². The van der Waals surface area contributed by atoms with E-state index in [4.69, 9.17) is 5.11 Å². The number of carboxylic acids is 1. The van der Waals surface area contributed by atoms with Gasteiger partial charge in [-0.25, -0.2) is 9.18 Å². The second-order valence-corrected chi connectivity index (χ2v) is 7.25. The molecule has 2 amide bonds. The highest BCUT2D eigenvalue weighted by atomic mass is 19.1. The number of carbonyl (C=O) groups excluding carboxylic acids is 1. The fourth-order valence-corrected chi connectivity index (χ4v) is 3.76. The first-order valence-corrected chi connectivity index (χ1v) is 9.31. The van der Waals surface area contributed by atoms with E-state index >= 15 is 0 Å². The summed E-state index contributed by atoms with van der Waals surface area (Å²) in [6.45, 7) is 1.35. The molecular formula is C19H26FN3O3. The summed E-state index contributed by atoms with van der Waals surface area (Å²) in [6.07, 6.45) is 4.40. The number of halogens is 1. The average Bonchev–Trinajstić information content (AvgIpc) is 2.64. The van der Waals surface area contributed by atoms with Crippen molar-refractivity contribution in [1.82, 2.24) is 10.2 Å². The molecule has 0 radical (unpaired) electrons. The van der Waals surface area contributed by atoms with Crippen LogP contribution < -0.4 is 10.6 Å². The molecule has 0 aromatic heterocycles. The molecule has 1 saturated heterocycles. The Morgan fingerprint density at radius 2 is 1.58 bits per heavy atom. The summed E-state index contributed by atoms with van der Waals surface area (Å²) < 4.78 is 13.0. The Hall–Kier alpha value is -2.31. The van der Waals surface area contributed by atoms with Crippen LogP contribution in [0.5, 0.6) is 0 Å². The van der Waals surface area contributed by atoms with E-state index in [1.54, 1.807) is 12.1 Å². The number of anilines is 1. The third-order valence-corrected chi connectivity index (χ3v) is 5.40. The minimum atomic E-state index is -0.731. The fraction of sp³-hybridized carbons (Fsp3) is 0.579. The van der Waals surface area contributed by atoms with Gasteiger partial charge in [0, 0.05) is 30.9 Å². The monoisotopic (exact) mass is 363 g/mol. The van der Waals surface area contributed by atoms with E-state index in [-0.39, 0.29) is 29.8 Å². The number of benzene rings is 1. The molecule has 1 aliphatic carbocycles. The smallest absolute Gasteiger partial charge is 0.317 e. The molecule has 2 aliphatic rings. The number of rotatable bonds is 4. The first kappa shape index (κ1) is 18.5. The number of nitrogens with zero attached hydrogens (tertiary/aromatic N) is 1. The van der Waals surface area contributed by atoms with Crippen molar-refractivity contribution >= 4 is 17.7 Å². The molecule has 3 rings (SSSR count). The van der Waals surface area contributed by atoms with Gasteiger partial charge in [0.05, 0.1) is 5.92 Å². The lowest BCUT2D eigenvalue weighted by molar-refractivity contribution is -0.142. The fourth-order valence-electron chi connectivity index (χ4n) is 3.76. The molecule has 142 valence electrons. The highest BCUT2D eigenvalue weighted by Gasteiger charge is 2.29. The standard InChI is InChI=1S/C19H26FN3O3/c20-14-3-7-15(8-4-14)21-17-9-11-23(12-10-17)19(26)22-16-5-1-13(2-6-16)18(24)25/h3-4,7-8,13,16-17,21H,1-2,5-6,9-12H2,(H,22,26)(H,24,25). The van der Waals surface area contributed by atoms with Gasteiger partial charge in [-0.05, 0) is 62.8 Å². The van der Waals surface area contributed by atoms with Crippen LogP contribution in [0.1, 0.15) is 38.5 Å². The van der Waals surface area contributed by atoms with Gasteiger partial charge in [-0.3, -0.25) is 4.79 Å². The summed E-state index contributed by atoms with van der Waals surface area (Å²) in [4.78, 5) is 25.2. The Morgan fingerprint density at radius 1 is 0.962 bits per heavy atom. The number of carbonyl (C=O) groups is 2. The maximum Gasteiger partial charge on any atom is 0.317 e. The van der Waals surface area contributed by atoms with Crippen LogP contribution in [0.15, 0.2) is 24.3 Å². The van der Waals surface area contributed by atoms with Crippen molar-refractivity contribution in [2.45, 2.75) is 50.6 Å². The van der Waals surface area contributed by atoms with Crippen LogP contribution in [0.25, 0.3) is 0 Å². The molecule has 6 nitrogen and oxygen atoms in total. The molecule has 1 aromatic carbocycles. The molecule has 0 atom stereocenters. The third kappa shape index (κ3) is 4.86. The van der Waals surface area contributed by atoms with Crippen LogP contribution in [0.3, 0.4) is 0 Å². The molecule has 0 spiro atoms. The van der Waals surface area contributed by atoms with Crippen molar-refractivity contribution < 1.29 is 19.1 Å². The summed E-state index contributed by atoms with van der Waals surface area (Å²) in [5.41, 5.74) is 0.893. The number of aliphatic carboxylic acids is 1. The van der Waals surface area contributed by atoms with Crippen LogP contribution in [0, 0.1) is 11.7 Å². The van der Waals surface area contributed by atoms with Crippen molar-refractivity contribution in [3.63, 3.8) is 0 Å². The molecular weight excluding hydrogens is 337 g/mol. The van der Waals surface area contributed by atoms with Crippen LogP contribution in [0.4, 0.5) is 14.9 Å². The lowest BCUT2D eigenvalue weighted by Crippen LogP contribution is -2.50. The van der Waals surface area contributed by atoms with Crippen molar-refractivity contribution in [2.24, 2.45) is 5.92 Å². The number of hydrogen-bond donors (Lipinski definition) is 3. The van der Waals surface area contributed by atoms with Gasteiger partial charge >= 0.3 is 12.0 Å². The third-order valence-electron chi connectivity index (χ3n) is 5.40. The highest BCUT2D eigenvalue weighted by Crippen LogP contribution is 2.25. The van der Waals surface area contributed by atoms with Gasteiger partial charge in [0.15, 0.2) is 0 Å². The zero-order chi connectivity index (χ0) is 18.5. The Morgan fingerprint density at radius 3 is 2.15 bits per heavy atom. The lowest BCUT2D eigenvalue weighted by Gasteiger charge is -2.35. The van der Waals surface area contributed by atoms with Crippen LogP contribution in [-0.4, -0.2) is 47.2 Å². The highest BCUT2D eigenvalue weighted by molar-refractivity contribution is 5.75. The van der Waals surface area contributed by atoms with Crippen molar-refractivity contribution in [2.75, 3.05) is 18.4 Å². The molecule has 1 saturated carbocycles. The normalized spacial score (nSPS) is 24.1.